The Morgan fingerprint density at radius 2 is 2.00 bits per heavy atom. The van der Waals surface area contributed by atoms with E-state index in [2.05, 4.69) is 16.2 Å². The highest BCUT2D eigenvalue weighted by Crippen LogP contribution is 2.21. The number of benzene rings is 2. The van der Waals surface area contributed by atoms with E-state index in [0.717, 1.165) is 11.3 Å². The topological polar surface area (TPSA) is 84.0 Å². The number of hydrogen-bond donors (Lipinski definition) is 0. The largest absolute Gasteiger partial charge is 0.482 e. The highest BCUT2D eigenvalue weighted by Gasteiger charge is 2.18. The van der Waals surface area contributed by atoms with E-state index in [9.17, 15) is 4.79 Å². The molecule has 0 spiro atoms. The summed E-state index contributed by atoms with van der Waals surface area (Å²) >= 11 is 0. The molecule has 3 aromatic rings. The summed E-state index contributed by atoms with van der Waals surface area (Å²) in [5.41, 5.74) is 2.30. The monoisotopic (exact) mass is 361 g/mol. The fourth-order valence-corrected chi connectivity index (χ4v) is 2.61. The number of likely N-dealkylation sites (N-methyl/N-ethyl adjacent to an activating group) is 1. The molecule has 2 aromatic carbocycles. The minimum absolute atomic E-state index is 0.128. The van der Waals surface area contributed by atoms with E-state index < -0.39 is 0 Å². The molecule has 27 heavy (non-hydrogen) atoms. The Hall–Kier alpha value is -3.66. The summed E-state index contributed by atoms with van der Waals surface area (Å²) in [5.74, 6) is 0.238. The van der Waals surface area contributed by atoms with Gasteiger partial charge in [0.05, 0.1) is 17.3 Å². The Balaban J connectivity index is 1.63. The predicted octanol–water partition coefficient (Wildman–Crippen LogP) is 2.74. The molecule has 0 aliphatic carbocycles. The van der Waals surface area contributed by atoms with Gasteiger partial charge < -0.3 is 9.64 Å². The third-order valence-electron chi connectivity index (χ3n) is 4.39. The molecule has 0 N–H and O–H groups in total. The summed E-state index contributed by atoms with van der Waals surface area (Å²) in [6.45, 7) is 1.82. The molecule has 7 heteroatoms. The van der Waals surface area contributed by atoms with Crippen LogP contribution >= 0.6 is 0 Å². The lowest BCUT2D eigenvalue weighted by molar-refractivity contribution is -0.134. The first-order chi connectivity index (χ1) is 13.1. The lowest BCUT2D eigenvalue weighted by Crippen LogP contribution is -2.33. The minimum atomic E-state index is -0.171. The Bertz CT molecular complexity index is 945. The van der Waals surface area contributed by atoms with Gasteiger partial charge in [-0.15, -0.1) is 0 Å². The lowest BCUT2D eigenvalue weighted by Gasteiger charge is -2.25. The number of para-hydroxylation sites is 1. The smallest absolute Gasteiger partial charge is 0.260 e. The van der Waals surface area contributed by atoms with Crippen molar-refractivity contribution in [1.29, 1.82) is 5.26 Å². The molecule has 1 amide bonds. The summed E-state index contributed by atoms with van der Waals surface area (Å²) in [5, 5.41) is 13.2. The van der Waals surface area contributed by atoms with E-state index in [0.29, 0.717) is 11.3 Å². The quantitative estimate of drug-likeness (QED) is 0.674. The molecule has 0 bridgehead atoms. The van der Waals surface area contributed by atoms with Crippen LogP contribution in [-0.2, 0) is 4.79 Å². The number of nitriles is 1. The summed E-state index contributed by atoms with van der Waals surface area (Å²) in [6, 6.07) is 16.6. The number of carbonyl (C=O) groups excluding carboxylic acids is 1. The number of rotatable bonds is 6. The van der Waals surface area contributed by atoms with Gasteiger partial charge in [0.1, 0.15) is 24.5 Å². The Kier molecular flexibility index (Phi) is 5.47. The number of carbonyl (C=O) groups is 1. The number of amides is 1. The third-order valence-corrected chi connectivity index (χ3v) is 4.39. The SMILES string of the molecule is CC(c1ccc(-n2cncn2)cc1)N(C)C(=O)COc1ccccc1C#N. The number of hydrogen-bond acceptors (Lipinski definition) is 5. The summed E-state index contributed by atoms with van der Waals surface area (Å²) in [7, 11) is 1.73. The Morgan fingerprint density at radius 1 is 1.26 bits per heavy atom. The number of aromatic nitrogens is 3. The highest BCUT2D eigenvalue weighted by molar-refractivity contribution is 5.78. The van der Waals surface area contributed by atoms with Gasteiger partial charge in [0, 0.05) is 7.05 Å². The van der Waals surface area contributed by atoms with E-state index in [1.165, 1.54) is 6.33 Å². The molecule has 0 saturated carbocycles. The van der Waals surface area contributed by atoms with Crippen molar-refractivity contribution in [1.82, 2.24) is 19.7 Å². The van der Waals surface area contributed by atoms with Gasteiger partial charge in [-0.25, -0.2) is 9.67 Å². The second-order valence-electron chi connectivity index (χ2n) is 6.01. The predicted molar refractivity (Wildman–Crippen MR) is 99.2 cm³/mol. The molecule has 0 fully saturated rings. The van der Waals surface area contributed by atoms with Gasteiger partial charge in [0.25, 0.3) is 5.91 Å². The zero-order valence-corrected chi connectivity index (χ0v) is 15.1. The zero-order chi connectivity index (χ0) is 19.2. The van der Waals surface area contributed by atoms with Gasteiger partial charge in [-0.3, -0.25) is 4.79 Å². The fraction of sp³-hybridized carbons (Fsp3) is 0.200. The van der Waals surface area contributed by atoms with Crippen molar-refractivity contribution in [2.24, 2.45) is 0 Å². The first-order valence-electron chi connectivity index (χ1n) is 8.42. The van der Waals surface area contributed by atoms with Crippen LogP contribution in [0.15, 0.2) is 61.2 Å². The molecule has 0 saturated heterocycles. The van der Waals surface area contributed by atoms with Crippen molar-refractivity contribution >= 4 is 5.91 Å². The molecule has 1 atom stereocenters. The highest BCUT2D eigenvalue weighted by atomic mass is 16.5. The molecule has 0 aliphatic heterocycles. The molecule has 1 heterocycles. The van der Waals surface area contributed by atoms with Gasteiger partial charge >= 0.3 is 0 Å². The number of nitrogens with zero attached hydrogens (tertiary/aromatic N) is 5. The molecule has 7 nitrogen and oxygen atoms in total. The van der Waals surface area contributed by atoms with Crippen molar-refractivity contribution in [2.45, 2.75) is 13.0 Å². The second-order valence-corrected chi connectivity index (χ2v) is 6.01. The minimum Gasteiger partial charge on any atom is -0.482 e. The standard InChI is InChI=1S/C20H19N5O2/c1-15(16-7-9-18(10-8-16)25-14-22-13-23-25)24(2)20(26)12-27-19-6-4-3-5-17(19)11-21/h3-10,13-15H,12H2,1-2H3. The van der Waals surface area contributed by atoms with E-state index >= 15 is 0 Å². The zero-order valence-electron chi connectivity index (χ0n) is 15.1. The van der Waals surface area contributed by atoms with Gasteiger partial charge in [0.2, 0.25) is 0 Å². The summed E-state index contributed by atoms with van der Waals surface area (Å²) < 4.78 is 7.20. The van der Waals surface area contributed by atoms with E-state index in [1.807, 2.05) is 31.2 Å². The maximum Gasteiger partial charge on any atom is 0.260 e. The molecular formula is C20H19N5O2. The van der Waals surface area contributed by atoms with E-state index in [-0.39, 0.29) is 18.6 Å². The molecule has 3 rings (SSSR count). The second kappa shape index (κ2) is 8.15. The molecule has 0 radical (unpaired) electrons. The van der Waals surface area contributed by atoms with Crippen molar-refractivity contribution in [3.8, 4) is 17.5 Å². The van der Waals surface area contributed by atoms with Gasteiger partial charge in [-0.05, 0) is 36.8 Å². The maximum absolute atomic E-state index is 12.5. The first kappa shape index (κ1) is 18.1. The Labute approximate surface area is 157 Å². The molecule has 1 aromatic heterocycles. The van der Waals surface area contributed by atoms with Crippen molar-refractivity contribution in [3.63, 3.8) is 0 Å². The van der Waals surface area contributed by atoms with Crippen LogP contribution in [0.1, 0.15) is 24.1 Å². The summed E-state index contributed by atoms with van der Waals surface area (Å²) in [4.78, 5) is 18.0. The van der Waals surface area contributed by atoms with Crippen LogP contribution in [0.5, 0.6) is 5.75 Å². The Morgan fingerprint density at radius 3 is 2.67 bits per heavy atom. The maximum atomic E-state index is 12.5. The van der Waals surface area contributed by atoms with Crippen LogP contribution < -0.4 is 4.74 Å². The van der Waals surface area contributed by atoms with E-state index in [4.69, 9.17) is 10.00 Å². The average molecular weight is 361 g/mol. The van der Waals surface area contributed by atoms with Crippen LogP contribution in [0.4, 0.5) is 0 Å². The van der Waals surface area contributed by atoms with Crippen molar-refractivity contribution in [2.75, 3.05) is 13.7 Å². The average Bonchev–Trinajstić information content (AvgIpc) is 3.26. The van der Waals surface area contributed by atoms with Crippen LogP contribution in [0.2, 0.25) is 0 Å². The molecule has 0 aliphatic rings. The fourth-order valence-electron chi connectivity index (χ4n) is 2.61. The van der Waals surface area contributed by atoms with Crippen molar-refractivity contribution < 1.29 is 9.53 Å². The lowest BCUT2D eigenvalue weighted by atomic mass is 10.1. The van der Waals surface area contributed by atoms with E-state index in [1.54, 1.807) is 47.2 Å². The van der Waals surface area contributed by atoms with Crippen molar-refractivity contribution in [3.05, 3.63) is 72.3 Å². The first-order valence-corrected chi connectivity index (χ1v) is 8.42. The van der Waals surface area contributed by atoms with Gasteiger partial charge in [-0.1, -0.05) is 24.3 Å². The van der Waals surface area contributed by atoms with Crippen LogP contribution in [0.3, 0.4) is 0 Å². The summed E-state index contributed by atoms with van der Waals surface area (Å²) in [6.07, 6.45) is 3.11. The molecule has 1 unspecified atom stereocenters. The molecular weight excluding hydrogens is 342 g/mol. The van der Waals surface area contributed by atoms with Crippen LogP contribution in [-0.4, -0.2) is 39.2 Å². The third kappa shape index (κ3) is 4.12. The normalized spacial score (nSPS) is 11.4. The van der Waals surface area contributed by atoms with Gasteiger partial charge in [-0.2, -0.15) is 10.4 Å². The van der Waals surface area contributed by atoms with Gasteiger partial charge in [0.15, 0.2) is 6.61 Å². The van der Waals surface area contributed by atoms with Crippen LogP contribution in [0.25, 0.3) is 5.69 Å². The number of ether oxygens (including phenoxy) is 1. The molecule has 136 valence electrons. The van der Waals surface area contributed by atoms with Crippen LogP contribution in [0, 0.1) is 11.3 Å².